The molecular formula is C28H25ClN2O5. The van der Waals surface area contributed by atoms with Crippen molar-refractivity contribution in [1.82, 2.24) is 9.88 Å². The van der Waals surface area contributed by atoms with Gasteiger partial charge in [0.1, 0.15) is 11.8 Å². The van der Waals surface area contributed by atoms with Crippen LogP contribution in [0.25, 0.3) is 10.9 Å². The van der Waals surface area contributed by atoms with E-state index in [-0.39, 0.29) is 18.7 Å². The second-order valence-electron chi connectivity index (χ2n) is 8.42. The molecule has 2 N–H and O–H groups in total. The average molecular weight is 505 g/mol. The number of hydrogen-bond acceptors (Lipinski definition) is 4. The molecule has 0 aliphatic rings. The highest BCUT2D eigenvalue weighted by Gasteiger charge is 2.25. The Kier molecular flexibility index (Phi) is 7.41. The van der Waals surface area contributed by atoms with Crippen LogP contribution in [0.5, 0.6) is 5.75 Å². The number of hydrogen-bond donors (Lipinski definition) is 2. The first kappa shape index (κ1) is 25.0. The monoisotopic (exact) mass is 504 g/mol. The number of nitrogens with one attached hydrogen (secondary N) is 1. The number of nitrogens with zero attached hydrogens (tertiary/aromatic N) is 1. The van der Waals surface area contributed by atoms with Gasteiger partial charge in [0, 0.05) is 28.1 Å². The summed E-state index contributed by atoms with van der Waals surface area (Å²) >= 11 is 5.98. The van der Waals surface area contributed by atoms with Crippen molar-refractivity contribution in [3.8, 4) is 5.75 Å². The number of benzene rings is 3. The van der Waals surface area contributed by atoms with Crippen LogP contribution in [0.15, 0.2) is 72.8 Å². The van der Waals surface area contributed by atoms with Gasteiger partial charge in [-0.15, -0.1) is 0 Å². The van der Waals surface area contributed by atoms with Crippen LogP contribution in [0.1, 0.15) is 27.2 Å². The van der Waals surface area contributed by atoms with E-state index in [2.05, 4.69) is 5.32 Å². The van der Waals surface area contributed by atoms with Crippen molar-refractivity contribution in [1.29, 1.82) is 0 Å². The fraction of sp³-hybridized carbons (Fsp3) is 0.179. The highest BCUT2D eigenvalue weighted by Crippen LogP contribution is 2.31. The van der Waals surface area contributed by atoms with Gasteiger partial charge in [0.2, 0.25) is 5.91 Å². The number of fused-ring (bicyclic) bond motifs is 1. The number of carboxylic acids is 1. The number of carbonyl (C=O) groups excluding carboxylic acids is 2. The Labute approximate surface area is 213 Å². The second-order valence-corrected chi connectivity index (χ2v) is 8.86. The predicted octanol–water partition coefficient (Wildman–Crippen LogP) is 4.65. The lowest BCUT2D eigenvalue weighted by atomic mass is 10.0. The van der Waals surface area contributed by atoms with E-state index in [1.807, 2.05) is 30.3 Å². The maximum atomic E-state index is 13.4. The summed E-state index contributed by atoms with van der Waals surface area (Å²) in [6, 6.07) is 19.9. The van der Waals surface area contributed by atoms with E-state index in [0.717, 1.165) is 5.56 Å². The molecule has 4 aromatic rings. The number of carboxylic acid groups (broad SMARTS) is 1. The van der Waals surface area contributed by atoms with Gasteiger partial charge in [-0.05, 0) is 60.5 Å². The van der Waals surface area contributed by atoms with Crippen molar-refractivity contribution in [2.24, 2.45) is 0 Å². The Morgan fingerprint density at radius 1 is 1.03 bits per heavy atom. The smallest absolute Gasteiger partial charge is 0.326 e. The molecule has 0 saturated heterocycles. The lowest BCUT2D eigenvalue weighted by Crippen LogP contribution is -2.43. The first-order valence-corrected chi connectivity index (χ1v) is 11.7. The van der Waals surface area contributed by atoms with Gasteiger partial charge in [-0.1, -0.05) is 41.9 Å². The average Bonchev–Trinajstić information content (AvgIpc) is 3.14. The summed E-state index contributed by atoms with van der Waals surface area (Å²) in [4.78, 5) is 38.3. The summed E-state index contributed by atoms with van der Waals surface area (Å²) < 4.78 is 6.92. The Hall–Kier alpha value is -4.10. The molecule has 0 spiro atoms. The molecule has 0 aliphatic carbocycles. The number of ether oxygens (including phenoxy) is 1. The summed E-state index contributed by atoms with van der Waals surface area (Å²) in [6.07, 6.45) is 0.0561. The first-order valence-electron chi connectivity index (χ1n) is 11.3. The summed E-state index contributed by atoms with van der Waals surface area (Å²) in [7, 11) is 1.54. The van der Waals surface area contributed by atoms with Crippen LogP contribution < -0.4 is 10.1 Å². The van der Waals surface area contributed by atoms with Crippen molar-refractivity contribution in [3.05, 3.63) is 100 Å². The quantitative estimate of drug-likeness (QED) is 0.364. The zero-order valence-electron chi connectivity index (χ0n) is 19.8. The molecule has 0 aliphatic heterocycles. The number of rotatable bonds is 8. The summed E-state index contributed by atoms with van der Waals surface area (Å²) in [5.41, 5.74) is 3.07. The zero-order chi connectivity index (χ0) is 25.8. The van der Waals surface area contributed by atoms with Gasteiger partial charge < -0.3 is 15.2 Å². The maximum Gasteiger partial charge on any atom is 0.326 e. The van der Waals surface area contributed by atoms with Gasteiger partial charge in [-0.3, -0.25) is 14.2 Å². The molecule has 1 amide bonds. The molecule has 0 radical (unpaired) electrons. The highest BCUT2D eigenvalue weighted by molar-refractivity contribution is 6.30. The van der Waals surface area contributed by atoms with E-state index in [1.54, 1.807) is 54.0 Å². The zero-order valence-corrected chi connectivity index (χ0v) is 20.6. The molecule has 7 nitrogen and oxygen atoms in total. The van der Waals surface area contributed by atoms with E-state index in [9.17, 15) is 19.5 Å². The number of methoxy groups -OCH3 is 1. The standard InChI is InChI=1S/C28H25ClN2O5/c1-17-22(16-26(32)30-24(28(34)35)14-18-6-4-3-5-7-18)23-15-21(36-2)12-13-25(23)31(17)27(33)19-8-10-20(29)11-9-19/h3-13,15,24H,14,16H2,1-2H3,(H,30,32)(H,34,35)/t24-/m0/s1. The van der Waals surface area contributed by atoms with Crippen LogP contribution in [-0.4, -0.2) is 40.6 Å². The minimum Gasteiger partial charge on any atom is -0.497 e. The van der Waals surface area contributed by atoms with Crippen molar-refractivity contribution in [2.45, 2.75) is 25.8 Å². The van der Waals surface area contributed by atoms with Crippen molar-refractivity contribution < 1.29 is 24.2 Å². The maximum absolute atomic E-state index is 13.4. The molecule has 0 bridgehead atoms. The van der Waals surface area contributed by atoms with Crippen LogP contribution in [-0.2, 0) is 22.4 Å². The van der Waals surface area contributed by atoms with Crippen molar-refractivity contribution in [2.75, 3.05) is 7.11 Å². The molecule has 1 aromatic heterocycles. The number of carbonyl (C=O) groups is 3. The minimum atomic E-state index is -1.12. The topological polar surface area (TPSA) is 97.6 Å². The van der Waals surface area contributed by atoms with Crippen LogP contribution >= 0.6 is 11.6 Å². The number of amides is 1. The SMILES string of the molecule is COc1ccc2c(c1)c(CC(=O)N[C@@H](Cc1ccccc1)C(=O)O)c(C)n2C(=O)c1ccc(Cl)cc1. The van der Waals surface area contributed by atoms with Crippen molar-refractivity contribution in [3.63, 3.8) is 0 Å². The third-order valence-electron chi connectivity index (χ3n) is 6.09. The van der Waals surface area contributed by atoms with E-state index < -0.39 is 17.9 Å². The van der Waals surface area contributed by atoms with E-state index in [1.165, 1.54) is 7.11 Å². The van der Waals surface area contributed by atoms with Gasteiger partial charge >= 0.3 is 5.97 Å². The Bertz CT molecular complexity index is 1430. The summed E-state index contributed by atoms with van der Waals surface area (Å²) in [5.74, 6) is -1.26. The third kappa shape index (κ3) is 5.26. The van der Waals surface area contributed by atoms with E-state index >= 15 is 0 Å². The van der Waals surface area contributed by atoms with Gasteiger partial charge in [-0.25, -0.2) is 4.79 Å². The van der Waals surface area contributed by atoms with E-state index in [0.29, 0.717) is 38.5 Å². The Morgan fingerprint density at radius 3 is 2.36 bits per heavy atom. The Balaban J connectivity index is 1.68. The number of aromatic nitrogens is 1. The number of aliphatic carboxylic acids is 1. The molecule has 0 fully saturated rings. The Morgan fingerprint density at radius 2 is 1.72 bits per heavy atom. The van der Waals surface area contributed by atoms with Gasteiger partial charge in [-0.2, -0.15) is 0 Å². The fourth-order valence-electron chi connectivity index (χ4n) is 4.25. The van der Waals surface area contributed by atoms with Gasteiger partial charge in [0.25, 0.3) is 5.91 Å². The van der Waals surface area contributed by atoms with E-state index in [4.69, 9.17) is 16.3 Å². The lowest BCUT2D eigenvalue weighted by Gasteiger charge is -2.15. The minimum absolute atomic E-state index is 0.102. The predicted molar refractivity (Wildman–Crippen MR) is 138 cm³/mol. The molecule has 184 valence electrons. The molecule has 8 heteroatoms. The van der Waals surface area contributed by atoms with Crippen LogP contribution in [0.2, 0.25) is 5.02 Å². The molecule has 4 rings (SSSR count). The van der Waals surface area contributed by atoms with Gasteiger partial charge in [0.15, 0.2) is 0 Å². The van der Waals surface area contributed by atoms with Crippen LogP contribution in [0.3, 0.4) is 0 Å². The first-order chi connectivity index (χ1) is 17.3. The molecule has 1 atom stereocenters. The normalized spacial score (nSPS) is 11.8. The number of halogens is 1. The molecule has 3 aromatic carbocycles. The van der Waals surface area contributed by atoms with Crippen LogP contribution in [0, 0.1) is 6.92 Å². The molecule has 0 saturated carbocycles. The highest BCUT2D eigenvalue weighted by atomic mass is 35.5. The molecule has 0 unspecified atom stereocenters. The molecule has 1 heterocycles. The summed E-state index contributed by atoms with van der Waals surface area (Å²) in [5, 5.41) is 13.5. The third-order valence-corrected chi connectivity index (χ3v) is 6.34. The lowest BCUT2D eigenvalue weighted by molar-refractivity contribution is -0.141. The van der Waals surface area contributed by atoms with Gasteiger partial charge in [0.05, 0.1) is 19.0 Å². The second kappa shape index (κ2) is 10.7. The summed E-state index contributed by atoms with van der Waals surface area (Å²) in [6.45, 7) is 1.77. The fourth-order valence-corrected chi connectivity index (χ4v) is 4.38. The van der Waals surface area contributed by atoms with Crippen molar-refractivity contribution >= 4 is 40.3 Å². The molecular weight excluding hydrogens is 480 g/mol. The van der Waals surface area contributed by atoms with Crippen LogP contribution in [0.4, 0.5) is 0 Å². The largest absolute Gasteiger partial charge is 0.497 e. The molecule has 36 heavy (non-hydrogen) atoms.